The monoisotopic (exact) mass is 543 g/mol. The van der Waals surface area contributed by atoms with Crippen molar-refractivity contribution in [3.8, 4) is 11.5 Å². The number of aromatic carboxylic acids is 1. The van der Waals surface area contributed by atoms with Crippen molar-refractivity contribution in [3.05, 3.63) is 123 Å². The fourth-order valence-electron chi connectivity index (χ4n) is 3.64. The lowest BCUT2D eigenvalue weighted by molar-refractivity contribution is -0.386. The first-order valence-corrected chi connectivity index (χ1v) is 12.1. The molecule has 1 heterocycles. The van der Waals surface area contributed by atoms with Crippen LogP contribution < -0.4 is 14.9 Å². The maximum absolute atomic E-state index is 12.7. The van der Waals surface area contributed by atoms with Crippen molar-refractivity contribution in [1.29, 1.82) is 0 Å². The van der Waals surface area contributed by atoms with Gasteiger partial charge in [0.15, 0.2) is 5.75 Å². The molecule has 11 nitrogen and oxygen atoms in total. The van der Waals surface area contributed by atoms with E-state index in [1.807, 2.05) is 0 Å². The molecule has 2 N–H and O–H groups in total. The quantitative estimate of drug-likeness (QED) is 0.143. The van der Waals surface area contributed by atoms with Gasteiger partial charge in [-0.05, 0) is 85.1 Å². The molecule has 0 saturated carbocycles. The second-order valence-corrected chi connectivity index (χ2v) is 8.74. The summed E-state index contributed by atoms with van der Waals surface area (Å²) in [6, 6.07) is 21.3. The number of nitrogens with zero attached hydrogens (tertiary/aromatic N) is 2. The number of carboxylic acid groups (broad SMARTS) is 1. The van der Waals surface area contributed by atoms with E-state index in [0.29, 0.717) is 28.3 Å². The molecule has 0 aliphatic carbocycles. The summed E-state index contributed by atoms with van der Waals surface area (Å²) in [6.07, 6.45) is 0. The second kappa shape index (κ2) is 12.4. The minimum absolute atomic E-state index is 0.0440. The van der Waals surface area contributed by atoms with E-state index in [4.69, 9.17) is 19.0 Å². The largest absolute Gasteiger partial charge is 0.486 e. The number of hydrogen-bond donors (Lipinski definition) is 2. The third-order valence-corrected chi connectivity index (χ3v) is 5.75. The van der Waals surface area contributed by atoms with Gasteiger partial charge in [-0.2, -0.15) is 5.10 Å². The topological polar surface area (TPSA) is 154 Å². The zero-order chi connectivity index (χ0) is 28.6. The molecule has 0 bridgehead atoms. The van der Waals surface area contributed by atoms with E-state index >= 15 is 0 Å². The average Bonchev–Trinajstić information content (AvgIpc) is 3.44. The summed E-state index contributed by atoms with van der Waals surface area (Å²) < 4.78 is 16.4. The van der Waals surface area contributed by atoms with Crippen molar-refractivity contribution >= 4 is 23.3 Å². The molecular formula is C29H25N3O8. The third kappa shape index (κ3) is 7.10. The van der Waals surface area contributed by atoms with Crippen LogP contribution >= 0.6 is 0 Å². The number of nitro benzene ring substituents is 1. The van der Waals surface area contributed by atoms with Crippen LogP contribution in [-0.2, 0) is 13.2 Å². The van der Waals surface area contributed by atoms with Crippen LogP contribution in [0.1, 0.15) is 50.3 Å². The minimum Gasteiger partial charge on any atom is -0.486 e. The lowest BCUT2D eigenvalue weighted by atomic mass is 10.1. The summed E-state index contributed by atoms with van der Waals surface area (Å²) in [5, 5.41) is 24.4. The first kappa shape index (κ1) is 27.6. The highest BCUT2D eigenvalue weighted by molar-refractivity contribution is 6.01. The Morgan fingerprint density at radius 3 is 2.45 bits per heavy atom. The number of amides is 1. The van der Waals surface area contributed by atoms with Crippen LogP contribution in [0.5, 0.6) is 11.5 Å². The highest BCUT2D eigenvalue weighted by Crippen LogP contribution is 2.28. The molecule has 204 valence electrons. The van der Waals surface area contributed by atoms with Crippen LogP contribution in [0.15, 0.2) is 88.4 Å². The highest BCUT2D eigenvalue weighted by Gasteiger charge is 2.16. The zero-order valence-electron chi connectivity index (χ0n) is 21.6. The number of hydrogen-bond acceptors (Lipinski definition) is 8. The van der Waals surface area contributed by atoms with Crippen molar-refractivity contribution in [1.82, 2.24) is 5.43 Å². The van der Waals surface area contributed by atoms with Crippen LogP contribution in [0.2, 0.25) is 0 Å². The minimum atomic E-state index is -1.15. The fourth-order valence-corrected chi connectivity index (χ4v) is 3.64. The van der Waals surface area contributed by atoms with Crippen LogP contribution in [-0.4, -0.2) is 27.6 Å². The van der Waals surface area contributed by atoms with Crippen molar-refractivity contribution in [3.63, 3.8) is 0 Å². The SMILES string of the molecule is C/C(=N\NC(=O)c1cccc(COc2ccc(C)cc2[N+](=O)[O-])c1)c1ccc(OCc2ccc(C(=O)O)o2)cc1. The standard InChI is InChI=1S/C29H25N3O8/c1-18-6-12-26(25(14-18)32(36)37)39-16-20-4-3-5-22(15-20)28(33)31-30-19(2)21-7-9-23(10-8-21)38-17-24-11-13-27(40-24)29(34)35/h3-15H,16-17H2,1-2H3,(H,31,33)(H,34,35)/b30-19+. The number of hydrazone groups is 1. The summed E-state index contributed by atoms with van der Waals surface area (Å²) in [7, 11) is 0. The summed E-state index contributed by atoms with van der Waals surface area (Å²) in [5.74, 6) is -0.656. The zero-order valence-corrected chi connectivity index (χ0v) is 21.6. The number of nitrogens with one attached hydrogen (secondary N) is 1. The summed E-state index contributed by atoms with van der Waals surface area (Å²) in [4.78, 5) is 34.4. The Bertz CT molecular complexity index is 1570. The molecule has 4 rings (SSSR count). The van der Waals surface area contributed by atoms with Gasteiger partial charge in [0.2, 0.25) is 5.76 Å². The van der Waals surface area contributed by atoms with Gasteiger partial charge in [-0.15, -0.1) is 0 Å². The van der Waals surface area contributed by atoms with Gasteiger partial charge < -0.3 is 19.0 Å². The van der Waals surface area contributed by atoms with Crippen molar-refractivity contribution < 1.29 is 33.5 Å². The fraction of sp³-hybridized carbons (Fsp3) is 0.138. The molecule has 1 aromatic heterocycles. The van der Waals surface area contributed by atoms with Gasteiger partial charge >= 0.3 is 11.7 Å². The van der Waals surface area contributed by atoms with Gasteiger partial charge in [-0.3, -0.25) is 14.9 Å². The molecule has 0 aliphatic heterocycles. The Balaban J connectivity index is 1.33. The summed E-state index contributed by atoms with van der Waals surface area (Å²) in [6.45, 7) is 3.62. The van der Waals surface area contributed by atoms with E-state index in [1.165, 1.54) is 18.2 Å². The van der Waals surface area contributed by atoms with Crippen molar-refractivity contribution in [2.24, 2.45) is 5.10 Å². The molecule has 0 aliphatic rings. The number of benzene rings is 3. The highest BCUT2D eigenvalue weighted by atomic mass is 16.6. The van der Waals surface area contributed by atoms with E-state index in [1.54, 1.807) is 74.5 Å². The number of furan rings is 1. The Kier molecular flexibility index (Phi) is 8.55. The molecule has 40 heavy (non-hydrogen) atoms. The van der Waals surface area contributed by atoms with Crippen molar-refractivity contribution in [2.45, 2.75) is 27.1 Å². The maximum atomic E-state index is 12.7. The number of carbonyl (C=O) groups is 2. The van der Waals surface area contributed by atoms with Crippen LogP contribution in [0.3, 0.4) is 0 Å². The maximum Gasteiger partial charge on any atom is 0.371 e. The van der Waals surface area contributed by atoms with E-state index in [0.717, 1.165) is 11.1 Å². The molecule has 11 heteroatoms. The average molecular weight is 544 g/mol. The normalized spacial score (nSPS) is 11.1. The Labute approximate surface area is 228 Å². The Hall–Kier alpha value is -5.45. The number of aryl methyl sites for hydroxylation is 1. The molecule has 4 aromatic rings. The molecule has 1 amide bonds. The smallest absolute Gasteiger partial charge is 0.371 e. The second-order valence-electron chi connectivity index (χ2n) is 8.74. The summed E-state index contributed by atoms with van der Waals surface area (Å²) >= 11 is 0. The predicted octanol–water partition coefficient (Wildman–Crippen LogP) is 5.51. The van der Waals surface area contributed by atoms with Crippen LogP contribution in [0, 0.1) is 17.0 Å². The van der Waals surface area contributed by atoms with Crippen LogP contribution in [0.4, 0.5) is 5.69 Å². The van der Waals surface area contributed by atoms with Crippen molar-refractivity contribution in [2.75, 3.05) is 0 Å². The molecule has 3 aromatic carbocycles. The number of ether oxygens (including phenoxy) is 2. The number of nitro groups is 1. The Morgan fingerprint density at radius 2 is 1.75 bits per heavy atom. The molecule has 0 fully saturated rings. The molecule has 0 saturated heterocycles. The first-order chi connectivity index (χ1) is 19.2. The lowest BCUT2D eigenvalue weighted by Crippen LogP contribution is -2.19. The van der Waals surface area contributed by atoms with Crippen LogP contribution in [0.25, 0.3) is 0 Å². The summed E-state index contributed by atoms with van der Waals surface area (Å²) in [5.41, 5.74) is 5.48. The molecule has 0 atom stereocenters. The van der Waals surface area contributed by atoms with Gasteiger partial charge in [0.1, 0.15) is 24.7 Å². The third-order valence-electron chi connectivity index (χ3n) is 5.75. The van der Waals surface area contributed by atoms with Gasteiger partial charge in [0.25, 0.3) is 5.91 Å². The number of carbonyl (C=O) groups excluding carboxylic acids is 1. The van der Waals surface area contributed by atoms with Gasteiger partial charge in [-0.1, -0.05) is 18.2 Å². The molecule has 0 unspecified atom stereocenters. The van der Waals surface area contributed by atoms with Gasteiger partial charge in [-0.25, -0.2) is 10.2 Å². The Morgan fingerprint density at radius 1 is 0.975 bits per heavy atom. The number of rotatable bonds is 11. The molecule has 0 spiro atoms. The van der Waals surface area contributed by atoms with E-state index in [9.17, 15) is 19.7 Å². The van der Waals surface area contributed by atoms with E-state index < -0.39 is 16.8 Å². The van der Waals surface area contributed by atoms with E-state index in [2.05, 4.69) is 10.5 Å². The predicted molar refractivity (Wildman–Crippen MR) is 145 cm³/mol. The van der Waals surface area contributed by atoms with Gasteiger partial charge in [0, 0.05) is 11.6 Å². The molecular weight excluding hydrogens is 518 g/mol. The first-order valence-electron chi connectivity index (χ1n) is 12.1. The van der Waals surface area contributed by atoms with Gasteiger partial charge in [0.05, 0.1) is 10.6 Å². The lowest BCUT2D eigenvalue weighted by Gasteiger charge is -2.09. The number of carboxylic acids is 1. The van der Waals surface area contributed by atoms with E-state index in [-0.39, 0.29) is 30.4 Å². The molecule has 0 radical (unpaired) electrons.